The lowest BCUT2D eigenvalue weighted by Gasteiger charge is -2.28. The zero-order valence-corrected chi connectivity index (χ0v) is 9.69. The first-order valence-electron chi connectivity index (χ1n) is 5.19. The normalized spacial score (nSPS) is 25.7. The molecule has 1 aliphatic rings. The van der Waals surface area contributed by atoms with E-state index < -0.39 is 6.17 Å². The summed E-state index contributed by atoms with van der Waals surface area (Å²) in [7, 11) is 0. The maximum Gasteiger partial charge on any atom is 0.119 e. The van der Waals surface area contributed by atoms with Crippen LogP contribution in [0.5, 0.6) is 0 Å². The molecule has 1 aromatic rings. The van der Waals surface area contributed by atoms with Crippen LogP contribution in [0, 0.1) is 6.92 Å². The van der Waals surface area contributed by atoms with E-state index >= 15 is 0 Å². The highest BCUT2D eigenvalue weighted by Gasteiger charge is 2.26. The smallest absolute Gasteiger partial charge is 0.119 e. The van der Waals surface area contributed by atoms with E-state index in [2.05, 4.69) is 24.4 Å². The summed E-state index contributed by atoms with van der Waals surface area (Å²) in [6.07, 6.45) is 0.177. The van der Waals surface area contributed by atoms with Crippen molar-refractivity contribution in [2.45, 2.75) is 25.4 Å². The molecule has 0 aromatic heterocycles. The molecule has 0 spiro atoms. The molecule has 1 aromatic carbocycles. The Balaban J connectivity index is 0.00000112. The molecule has 0 bridgehead atoms. The first-order chi connectivity index (χ1) is 6.79. The van der Waals surface area contributed by atoms with Gasteiger partial charge in [-0.1, -0.05) is 24.3 Å². The Bertz CT molecular complexity index is 316. The highest BCUT2D eigenvalue weighted by molar-refractivity contribution is 5.85. The number of hydrogen-bond acceptors (Lipinski definition) is 1. The van der Waals surface area contributed by atoms with Crippen molar-refractivity contribution in [2.75, 3.05) is 13.1 Å². The van der Waals surface area contributed by atoms with Crippen molar-refractivity contribution in [3.8, 4) is 0 Å². The van der Waals surface area contributed by atoms with Gasteiger partial charge in [-0.2, -0.15) is 0 Å². The van der Waals surface area contributed by atoms with Crippen LogP contribution >= 0.6 is 12.4 Å². The van der Waals surface area contributed by atoms with E-state index in [1.807, 2.05) is 12.1 Å². The fraction of sp³-hybridized carbons (Fsp3) is 0.500. The van der Waals surface area contributed by atoms with Crippen LogP contribution in [0.4, 0.5) is 4.39 Å². The van der Waals surface area contributed by atoms with Crippen LogP contribution in [0.3, 0.4) is 0 Å². The van der Waals surface area contributed by atoms with E-state index in [1.54, 1.807) is 0 Å². The summed E-state index contributed by atoms with van der Waals surface area (Å²) in [5.74, 6) is 0.0949. The van der Waals surface area contributed by atoms with Crippen molar-refractivity contribution >= 4 is 12.4 Å². The number of alkyl halides is 1. The van der Waals surface area contributed by atoms with Crippen LogP contribution in [0.25, 0.3) is 0 Å². The Labute approximate surface area is 96.5 Å². The second-order valence-corrected chi connectivity index (χ2v) is 3.97. The number of aryl methyl sites for hydroxylation is 1. The van der Waals surface area contributed by atoms with Gasteiger partial charge >= 0.3 is 0 Å². The van der Waals surface area contributed by atoms with Crippen molar-refractivity contribution in [3.63, 3.8) is 0 Å². The molecular formula is C12H17ClFN. The van der Waals surface area contributed by atoms with Gasteiger partial charge in [-0.25, -0.2) is 4.39 Å². The predicted molar refractivity (Wildman–Crippen MR) is 63.6 cm³/mol. The van der Waals surface area contributed by atoms with Crippen molar-refractivity contribution in [3.05, 3.63) is 35.4 Å². The zero-order valence-electron chi connectivity index (χ0n) is 8.87. The van der Waals surface area contributed by atoms with Crippen LogP contribution < -0.4 is 5.32 Å². The maximum atomic E-state index is 13.7. The standard InChI is InChI=1S/C12H16FN.ClH/c1-9-4-2-3-5-10(9)11-6-7-14-8-12(11)13;/h2-5,11-12,14H,6-8H2,1H3;1H. The van der Waals surface area contributed by atoms with Gasteiger partial charge < -0.3 is 5.32 Å². The minimum Gasteiger partial charge on any atom is -0.314 e. The van der Waals surface area contributed by atoms with Crippen LogP contribution in [-0.2, 0) is 0 Å². The minimum atomic E-state index is -0.732. The number of rotatable bonds is 1. The predicted octanol–water partition coefficient (Wildman–Crippen LogP) is 2.83. The van der Waals surface area contributed by atoms with Crippen molar-refractivity contribution in [1.82, 2.24) is 5.32 Å². The molecule has 0 amide bonds. The topological polar surface area (TPSA) is 12.0 Å². The summed E-state index contributed by atoms with van der Waals surface area (Å²) < 4.78 is 13.7. The Morgan fingerprint density at radius 3 is 2.73 bits per heavy atom. The third kappa shape index (κ3) is 2.70. The lowest BCUT2D eigenvalue weighted by Crippen LogP contribution is -2.36. The van der Waals surface area contributed by atoms with Crippen molar-refractivity contribution < 1.29 is 4.39 Å². The van der Waals surface area contributed by atoms with Gasteiger partial charge in [-0.05, 0) is 31.0 Å². The lowest BCUT2D eigenvalue weighted by molar-refractivity contribution is 0.231. The second kappa shape index (κ2) is 5.47. The van der Waals surface area contributed by atoms with Gasteiger partial charge in [-0.3, -0.25) is 0 Å². The maximum absolute atomic E-state index is 13.7. The molecule has 0 aliphatic carbocycles. The molecule has 1 heterocycles. The summed E-state index contributed by atoms with van der Waals surface area (Å²) in [4.78, 5) is 0. The van der Waals surface area contributed by atoms with Gasteiger partial charge in [0.15, 0.2) is 0 Å². The van der Waals surface area contributed by atoms with Gasteiger partial charge in [0.25, 0.3) is 0 Å². The van der Waals surface area contributed by atoms with E-state index in [4.69, 9.17) is 0 Å². The fourth-order valence-electron chi connectivity index (χ4n) is 2.17. The fourth-order valence-corrected chi connectivity index (χ4v) is 2.17. The van der Waals surface area contributed by atoms with Crippen LogP contribution in [-0.4, -0.2) is 19.3 Å². The molecule has 2 rings (SSSR count). The lowest BCUT2D eigenvalue weighted by atomic mass is 9.86. The molecule has 1 nitrogen and oxygen atoms in total. The Morgan fingerprint density at radius 2 is 2.07 bits per heavy atom. The third-order valence-corrected chi connectivity index (χ3v) is 3.00. The molecule has 15 heavy (non-hydrogen) atoms. The summed E-state index contributed by atoms with van der Waals surface area (Å²) in [5.41, 5.74) is 2.39. The number of benzene rings is 1. The molecule has 0 saturated carbocycles. The number of piperidine rings is 1. The monoisotopic (exact) mass is 229 g/mol. The van der Waals surface area contributed by atoms with E-state index in [0.717, 1.165) is 13.0 Å². The Morgan fingerprint density at radius 1 is 1.33 bits per heavy atom. The second-order valence-electron chi connectivity index (χ2n) is 3.97. The van der Waals surface area contributed by atoms with Gasteiger partial charge in [0.2, 0.25) is 0 Å². The molecule has 2 atom stereocenters. The minimum absolute atomic E-state index is 0. The van der Waals surface area contributed by atoms with E-state index in [0.29, 0.717) is 6.54 Å². The highest BCUT2D eigenvalue weighted by atomic mass is 35.5. The van der Waals surface area contributed by atoms with Crippen LogP contribution in [0.2, 0.25) is 0 Å². The average Bonchev–Trinajstić information content (AvgIpc) is 2.20. The number of nitrogens with one attached hydrogen (secondary N) is 1. The van der Waals surface area contributed by atoms with Gasteiger partial charge in [0.05, 0.1) is 0 Å². The van der Waals surface area contributed by atoms with Crippen molar-refractivity contribution in [1.29, 1.82) is 0 Å². The largest absolute Gasteiger partial charge is 0.314 e. The Kier molecular flexibility index (Phi) is 4.55. The molecule has 84 valence electrons. The van der Waals surface area contributed by atoms with E-state index in [1.165, 1.54) is 11.1 Å². The number of hydrogen-bond donors (Lipinski definition) is 1. The Hall–Kier alpha value is -0.600. The molecule has 3 heteroatoms. The number of halogens is 2. The summed E-state index contributed by atoms with van der Waals surface area (Å²) in [6, 6.07) is 8.12. The van der Waals surface area contributed by atoms with Crippen molar-refractivity contribution in [2.24, 2.45) is 0 Å². The van der Waals surface area contributed by atoms with E-state index in [-0.39, 0.29) is 18.3 Å². The SMILES string of the molecule is Cc1ccccc1C1CCNCC1F.Cl. The van der Waals surface area contributed by atoms with Crippen LogP contribution in [0.15, 0.2) is 24.3 Å². The van der Waals surface area contributed by atoms with Gasteiger partial charge in [-0.15, -0.1) is 12.4 Å². The summed E-state index contributed by atoms with van der Waals surface area (Å²) in [6.45, 7) is 3.49. The molecule has 1 fully saturated rings. The first-order valence-corrected chi connectivity index (χ1v) is 5.19. The molecular weight excluding hydrogens is 213 g/mol. The molecule has 0 radical (unpaired) electrons. The molecule has 1 saturated heterocycles. The molecule has 1 N–H and O–H groups in total. The third-order valence-electron chi connectivity index (χ3n) is 3.00. The summed E-state index contributed by atoms with van der Waals surface area (Å²) >= 11 is 0. The first kappa shape index (κ1) is 12.5. The quantitative estimate of drug-likeness (QED) is 0.781. The average molecular weight is 230 g/mol. The molecule has 1 aliphatic heterocycles. The molecule has 2 unspecified atom stereocenters. The summed E-state index contributed by atoms with van der Waals surface area (Å²) in [5, 5.41) is 3.08. The van der Waals surface area contributed by atoms with Gasteiger partial charge in [0, 0.05) is 12.5 Å². The van der Waals surface area contributed by atoms with Gasteiger partial charge in [0.1, 0.15) is 6.17 Å². The van der Waals surface area contributed by atoms with E-state index in [9.17, 15) is 4.39 Å². The zero-order chi connectivity index (χ0) is 9.97. The highest BCUT2D eigenvalue weighted by Crippen LogP contribution is 2.29. The van der Waals surface area contributed by atoms with Crippen LogP contribution in [0.1, 0.15) is 23.5 Å².